The molecule has 1 saturated heterocycles. The van der Waals surface area contributed by atoms with Gasteiger partial charge in [0.2, 0.25) is 0 Å². The van der Waals surface area contributed by atoms with Crippen molar-refractivity contribution in [3.8, 4) is 11.3 Å². The molecule has 0 spiro atoms. The highest BCUT2D eigenvalue weighted by Gasteiger charge is 2.21. The highest BCUT2D eigenvalue weighted by Crippen LogP contribution is 2.20. The van der Waals surface area contributed by atoms with E-state index in [1.54, 1.807) is 30.5 Å². The van der Waals surface area contributed by atoms with Crippen molar-refractivity contribution in [3.63, 3.8) is 0 Å². The third-order valence-electron chi connectivity index (χ3n) is 4.20. The summed E-state index contributed by atoms with van der Waals surface area (Å²) in [5, 5.41) is 0. The van der Waals surface area contributed by atoms with E-state index in [-0.39, 0.29) is 11.7 Å². The Balaban J connectivity index is 1.75. The molecule has 0 bridgehead atoms. The molecule has 4 heteroatoms. The summed E-state index contributed by atoms with van der Waals surface area (Å²) < 4.78 is 13.2. The lowest BCUT2D eigenvalue weighted by atomic mass is 9.99. The molecular formula is C18H19FN2O. The van der Waals surface area contributed by atoms with Crippen LogP contribution in [0.1, 0.15) is 30.1 Å². The average molecular weight is 298 g/mol. The van der Waals surface area contributed by atoms with E-state index in [0.717, 1.165) is 25.9 Å². The lowest BCUT2D eigenvalue weighted by Gasteiger charge is -2.30. The fourth-order valence-corrected chi connectivity index (χ4v) is 2.73. The monoisotopic (exact) mass is 298 g/mol. The van der Waals surface area contributed by atoms with Gasteiger partial charge in [0.1, 0.15) is 5.82 Å². The Morgan fingerprint density at radius 1 is 1.23 bits per heavy atom. The summed E-state index contributed by atoms with van der Waals surface area (Å²) in [4.78, 5) is 18.6. The van der Waals surface area contributed by atoms with Gasteiger partial charge >= 0.3 is 0 Å². The van der Waals surface area contributed by atoms with Crippen molar-refractivity contribution in [1.82, 2.24) is 9.88 Å². The maximum absolute atomic E-state index is 13.2. The molecule has 3 rings (SSSR count). The van der Waals surface area contributed by atoms with Crippen LogP contribution < -0.4 is 0 Å². The van der Waals surface area contributed by atoms with Crippen molar-refractivity contribution in [1.29, 1.82) is 0 Å². The highest BCUT2D eigenvalue weighted by molar-refractivity contribution is 5.94. The van der Waals surface area contributed by atoms with Crippen LogP contribution in [-0.2, 0) is 0 Å². The zero-order chi connectivity index (χ0) is 15.5. The fraction of sp³-hybridized carbons (Fsp3) is 0.333. The average Bonchev–Trinajstić information content (AvgIpc) is 2.55. The first-order valence-electron chi connectivity index (χ1n) is 7.65. The lowest BCUT2D eigenvalue weighted by molar-refractivity contribution is 0.0697. The van der Waals surface area contributed by atoms with Crippen molar-refractivity contribution < 1.29 is 9.18 Å². The van der Waals surface area contributed by atoms with Crippen LogP contribution in [0.25, 0.3) is 11.3 Å². The zero-order valence-electron chi connectivity index (χ0n) is 12.6. The number of amides is 1. The van der Waals surface area contributed by atoms with Crippen LogP contribution >= 0.6 is 0 Å². The minimum Gasteiger partial charge on any atom is -0.339 e. The maximum Gasteiger partial charge on any atom is 0.255 e. The Morgan fingerprint density at radius 2 is 2.00 bits per heavy atom. The van der Waals surface area contributed by atoms with E-state index < -0.39 is 0 Å². The SMILES string of the molecule is CC1CCN(C(=O)c2ccc(-c3cccc(F)c3)nc2)CC1. The van der Waals surface area contributed by atoms with E-state index in [1.165, 1.54) is 12.1 Å². The predicted molar refractivity (Wildman–Crippen MR) is 83.9 cm³/mol. The van der Waals surface area contributed by atoms with Crippen LogP contribution in [-0.4, -0.2) is 28.9 Å². The number of likely N-dealkylation sites (tertiary alicyclic amines) is 1. The van der Waals surface area contributed by atoms with Crippen molar-refractivity contribution in [2.24, 2.45) is 5.92 Å². The molecule has 1 aliphatic heterocycles. The number of pyridine rings is 1. The van der Waals surface area contributed by atoms with Gasteiger partial charge in [0.15, 0.2) is 0 Å². The normalized spacial score (nSPS) is 15.8. The number of carbonyl (C=O) groups is 1. The highest BCUT2D eigenvalue weighted by atomic mass is 19.1. The summed E-state index contributed by atoms with van der Waals surface area (Å²) in [6.07, 6.45) is 3.70. The topological polar surface area (TPSA) is 33.2 Å². The van der Waals surface area contributed by atoms with E-state index in [4.69, 9.17) is 0 Å². The Labute approximate surface area is 129 Å². The number of piperidine rings is 1. The third-order valence-corrected chi connectivity index (χ3v) is 4.20. The summed E-state index contributed by atoms with van der Waals surface area (Å²) in [5.41, 5.74) is 1.98. The lowest BCUT2D eigenvalue weighted by Crippen LogP contribution is -2.37. The smallest absolute Gasteiger partial charge is 0.255 e. The van der Waals surface area contributed by atoms with Gasteiger partial charge in [-0.15, -0.1) is 0 Å². The molecule has 0 N–H and O–H groups in total. The summed E-state index contributed by atoms with van der Waals surface area (Å²) in [6, 6.07) is 9.84. The van der Waals surface area contributed by atoms with Crippen LogP contribution in [0.15, 0.2) is 42.6 Å². The molecule has 0 unspecified atom stereocenters. The Morgan fingerprint density at radius 3 is 2.64 bits per heavy atom. The minimum atomic E-state index is -0.290. The number of benzene rings is 1. The van der Waals surface area contributed by atoms with Gasteiger partial charge < -0.3 is 4.90 Å². The molecule has 114 valence electrons. The van der Waals surface area contributed by atoms with Gasteiger partial charge in [-0.05, 0) is 43.0 Å². The van der Waals surface area contributed by atoms with Gasteiger partial charge in [-0.25, -0.2) is 4.39 Å². The molecule has 0 saturated carbocycles. The summed E-state index contributed by atoms with van der Waals surface area (Å²) in [7, 11) is 0. The standard InChI is InChI=1S/C18H19FN2O/c1-13-7-9-21(10-8-13)18(22)15-5-6-17(20-12-15)14-3-2-4-16(19)11-14/h2-6,11-13H,7-10H2,1H3. The number of hydrogen-bond acceptors (Lipinski definition) is 2. The van der Waals surface area contributed by atoms with Crippen LogP contribution in [0.4, 0.5) is 4.39 Å². The number of aromatic nitrogens is 1. The third kappa shape index (κ3) is 3.16. The molecule has 0 aliphatic carbocycles. The second kappa shape index (κ2) is 6.26. The Bertz CT molecular complexity index is 661. The Hall–Kier alpha value is -2.23. The summed E-state index contributed by atoms with van der Waals surface area (Å²) >= 11 is 0. The molecule has 0 radical (unpaired) electrons. The number of rotatable bonds is 2. The van der Waals surface area contributed by atoms with Gasteiger partial charge in [0, 0.05) is 24.8 Å². The van der Waals surface area contributed by atoms with Gasteiger partial charge in [-0.2, -0.15) is 0 Å². The van der Waals surface area contributed by atoms with Gasteiger partial charge in [-0.3, -0.25) is 9.78 Å². The summed E-state index contributed by atoms with van der Waals surface area (Å²) in [6.45, 7) is 3.84. The van der Waals surface area contributed by atoms with Crippen LogP contribution in [0.2, 0.25) is 0 Å². The van der Waals surface area contributed by atoms with Gasteiger partial charge in [-0.1, -0.05) is 19.1 Å². The van der Waals surface area contributed by atoms with Crippen LogP contribution in [0, 0.1) is 11.7 Å². The van der Waals surface area contributed by atoms with E-state index in [9.17, 15) is 9.18 Å². The molecule has 1 aromatic heterocycles. The second-order valence-electron chi connectivity index (χ2n) is 5.92. The van der Waals surface area contributed by atoms with Gasteiger partial charge in [0.25, 0.3) is 5.91 Å². The van der Waals surface area contributed by atoms with Crippen LogP contribution in [0.3, 0.4) is 0 Å². The molecule has 2 heterocycles. The number of nitrogens with zero attached hydrogens (tertiary/aromatic N) is 2. The Kier molecular flexibility index (Phi) is 4.18. The quantitative estimate of drug-likeness (QED) is 0.846. The molecule has 1 aliphatic rings. The largest absolute Gasteiger partial charge is 0.339 e. The summed E-state index contributed by atoms with van der Waals surface area (Å²) in [5.74, 6) is 0.435. The number of carbonyl (C=O) groups excluding carboxylic acids is 1. The molecule has 1 aromatic carbocycles. The molecule has 0 atom stereocenters. The van der Waals surface area contributed by atoms with E-state index >= 15 is 0 Å². The second-order valence-corrected chi connectivity index (χ2v) is 5.92. The van der Waals surface area contributed by atoms with Crippen LogP contribution in [0.5, 0.6) is 0 Å². The van der Waals surface area contributed by atoms with E-state index in [2.05, 4.69) is 11.9 Å². The van der Waals surface area contributed by atoms with Crippen molar-refractivity contribution >= 4 is 5.91 Å². The molecule has 22 heavy (non-hydrogen) atoms. The molecule has 1 fully saturated rings. The molecule has 3 nitrogen and oxygen atoms in total. The number of hydrogen-bond donors (Lipinski definition) is 0. The van der Waals surface area contributed by atoms with Crippen molar-refractivity contribution in [2.75, 3.05) is 13.1 Å². The first-order chi connectivity index (χ1) is 10.6. The molecule has 2 aromatic rings. The van der Waals surface area contributed by atoms with Gasteiger partial charge in [0.05, 0.1) is 11.3 Å². The maximum atomic E-state index is 13.2. The predicted octanol–water partition coefficient (Wildman–Crippen LogP) is 3.76. The number of halogens is 1. The first kappa shape index (κ1) is 14.7. The minimum absolute atomic E-state index is 0.0326. The van der Waals surface area contributed by atoms with Crippen molar-refractivity contribution in [2.45, 2.75) is 19.8 Å². The van der Waals surface area contributed by atoms with E-state index in [1.807, 2.05) is 4.90 Å². The fourth-order valence-electron chi connectivity index (χ4n) is 2.73. The zero-order valence-corrected chi connectivity index (χ0v) is 12.6. The van der Waals surface area contributed by atoms with Crippen molar-refractivity contribution in [3.05, 3.63) is 54.0 Å². The first-order valence-corrected chi connectivity index (χ1v) is 7.65. The molecular weight excluding hydrogens is 279 g/mol. The van der Waals surface area contributed by atoms with E-state index in [0.29, 0.717) is 22.7 Å². The molecule has 1 amide bonds.